The summed E-state index contributed by atoms with van der Waals surface area (Å²) in [5, 5.41) is 40.0. The van der Waals surface area contributed by atoms with Gasteiger partial charge in [-0.15, -0.1) is 0 Å². The van der Waals surface area contributed by atoms with Crippen LogP contribution in [-0.4, -0.2) is 65.6 Å². The van der Waals surface area contributed by atoms with Crippen molar-refractivity contribution in [1.82, 2.24) is 0 Å². The number of aromatic hydroxyl groups is 2. The summed E-state index contributed by atoms with van der Waals surface area (Å²) >= 11 is 0. The van der Waals surface area contributed by atoms with Crippen LogP contribution in [0.4, 0.5) is 15.8 Å². The zero-order valence-electron chi connectivity index (χ0n) is 22.4. The third-order valence-electron chi connectivity index (χ3n) is 4.04. The number of esters is 2. The van der Waals surface area contributed by atoms with Crippen molar-refractivity contribution in [2.45, 2.75) is 39.9 Å². The zero-order chi connectivity index (χ0) is 30.4. The predicted molar refractivity (Wildman–Crippen MR) is 131 cm³/mol. The van der Waals surface area contributed by atoms with Crippen LogP contribution < -0.4 is 9.47 Å². The summed E-state index contributed by atoms with van der Waals surface area (Å²) in [5.41, 5.74) is -1.18. The molecule has 0 aliphatic rings. The summed E-state index contributed by atoms with van der Waals surface area (Å²) in [6.07, 6.45) is -0.577. The van der Waals surface area contributed by atoms with Gasteiger partial charge in [-0.1, -0.05) is 0 Å². The van der Waals surface area contributed by atoms with Gasteiger partial charge in [0.05, 0.1) is 55.9 Å². The van der Waals surface area contributed by atoms with Crippen molar-refractivity contribution < 1.29 is 54.4 Å². The second kappa shape index (κ2) is 15.4. The number of carbonyl (C=O) groups is 2. The molecular formula is C23H29FN2O12. The van der Waals surface area contributed by atoms with Crippen LogP contribution in [0, 0.1) is 20.2 Å². The first-order chi connectivity index (χ1) is 18.1. The number of methoxy groups -OCH3 is 2. The molecule has 0 bridgehead atoms. The molecule has 0 spiro atoms. The van der Waals surface area contributed by atoms with Crippen LogP contribution in [0.25, 0.3) is 0 Å². The lowest BCUT2D eigenvalue weighted by Gasteiger charge is -2.15. The van der Waals surface area contributed by atoms with Crippen LogP contribution in [0.2, 0.25) is 0 Å². The maximum Gasteiger partial charge on any atom is 0.352 e. The molecule has 0 fully saturated rings. The van der Waals surface area contributed by atoms with Gasteiger partial charge in [-0.2, -0.15) is 0 Å². The molecule has 0 aliphatic heterocycles. The topological polar surface area (TPSA) is 198 Å². The first-order valence-electron chi connectivity index (χ1n) is 11.2. The summed E-state index contributed by atoms with van der Waals surface area (Å²) in [6, 6.07) is 4.28. The molecule has 0 aromatic heterocycles. The number of benzene rings is 2. The molecule has 14 nitrogen and oxygen atoms in total. The number of carbonyl (C=O) groups excluding carboxylic acids is 2. The van der Waals surface area contributed by atoms with E-state index >= 15 is 0 Å². The van der Waals surface area contributed by atoms with Gasteiger partial charge in [-0.05, 0) is 27.7 Å². The van der Waals surface area contributed by atoms with Crippen LogP contribution in [0.3, 0.4) is 0 Å². The molecular weight excluding hydrogens is 515 g/mol. The highest BCUT2D eigenvalue weighted by Crippen LogP contribution is 2.39. The third kappa shape index (κ3) is 9.40. The SMILES string of the molecule is COC(=O)c1cc(O)c([N+](=O)[O-])c(O)c1.COC(=O)c1cc(OC(C)C)c([N+](=O)[O-])c(OC(C)C)c1.[2H]CF. The molecule has 0 radical (unpaired) electrons. The Kier molecular flexibility index (Phi) is 12.7. The summed E-state index contributed by atoms with van der Waals surface area (Å²) < 4.78 is 35.3. The van der Waals surface area contributed by atoms with E-state index < -0.39 is 46.1 Å². The monoisotopic (exact) mass is 545 g/mol. The van der Waals surface area contributed by atoms with Crippen molar-refractivity contribution >= 4 is 23.3 Å². The van der Waals surface area contributed by atoms with Crippen molar-refractivity contribution in [3.8, 4) is 23.0 Å². The molecule has 2 aromatic carbocycles. The van der Waals surface area contributed by atoms with Gasteiger partial charge >= 0.3 is 23.3 Å². The smallest absolute Gasteiger partial charge is 0.352 e. The summed E-state index contributed by atoms with van der Waals surface area (Å²) in [4.78, 5) is 42.8. The van der Waals surface area contributed by atoms with E-state index in [2.05, 4.69) is 9.47 Å². The van der Waals surface area contributed by atoms with E-state index in [-0.39, 0.29) is 40.5 Å². The highest BCUT2D eigenvalue weighted by atomic mass is 19.1. The second-order valence-corrected chi connectivity index (χ2v) is 7.51. The number of nitro groups is 2. The molecule has 0 saturated heterocycles. The number of nitro benzene ring substituents is 2. The molecule has 38 heavy (non-hydrogen) atoms. The first kappa shape index (κ1) is 31.3. The maximum atomic E-state index is 11.7. The number of alkyl halides is 1. The minimum absolute atomic E-state index is 0.0199. The highest BCUT2D eigenvalue weighted by Gasteiger charge is 2.27. The zero-order valence-corrected chi connectivity index (χ0v) is 21.4. The number of hydrogen-bond acceptors (Lipinski definition) is 12. The Morgan fingerprint density at radius 2 is 1.13 bits per heavy atom. The average Bonchev–Trinajstić information content (AvgIpc) is 2.81. The van der Waals surface area contributed by atoms with Gasteiger partial charge < -0.3 is 29.2 Å². The van der Waals surface area contributed by atoms with Crippen molar-refractivity contribution in [3.05, 3.63) is 55.6 Å². The number of phenolic OH excluding ortho intramolecular Hbond substituents is 2. The van der Waals surface area contributed by atoms with Gasteiger partial charge in [0.15, 0.2) is 11.5 Å². The lowest BCUT2D eigenvalue weighted by atomic mass is 10.1. The molecule has 0 saturated carbocycles. The number of rotatable bonds is 8. The van der Waals surface area contributed by atoms with E-state index in [1.807, 2.05) is 0 Å². The molecule has 0 amide bonds. The standard InChI is InChI=1S/C14H19NO6.C8H7NO6.CH3F/c1-8(2)20-11-6-10(14(16)19-5)7-12(21-9(3)4)13(11)15(17)18;1-15-8(12)4-2-5(10)7(9(13)14)6(11)3-4;1-2/h6-9H,1-5H3;2-3,10-11H,1H3;1H3/i;;1D. The molecule has 0 unspecified atom stereocenters. The van der Waals surface area contributed by atoms with Gasteiger partial charge in [-0.3, -0.25) is 24.6 Å². The van der Waals surface area contributed by atoms with Crippen LogP contribution in [0.5, 0.6) is 23.0 Å². The van der Waals surface area contributed by atoms with E-state index in [0.717, 1.165) is 19.2 Å². The lowest BCUT2D eigenvalue weighted by molar-refractivity contribution is -0.387. The Morgan fingerprint density at radius 1 is 0.816 bits per heavy atom. The largest absolute Gasteiger partial charge is 0.502 e. The number of hydrogen-bond donors (Lipinski definition) is 2. The van der Waals surface area contributed by atoms with Gasteiger partial charge in [0.1, 0.15) is 0 Å². The van der Waals surface area contributed by atoms with Crippen LogP contribution in [0.1, 0.15) is 49.8 Å². The maximum absolute atomic E-state index is 11.7. The van der Waals surface area contributed by atoms with E-state index in [9.17, 15) is 44.4 Å². The van der Waals surface area contributed by atoms with E-state index in [0.29, 0.717) is 0 Å². The van der Waals surface area contributed by atoms with E-state index in [4.69, 9.17) is 10.8 Å². The van der Waals surface area contributed by atoms with Crippen molar-refractivity contribution in [3.63, 3.8) is 0 Å². The van der Waals surface area contributed by atoms with Crippen molar-refractivity contribution in [2.75, 3.05) is 21.4 Å². The highest BCUT2D eigenvalue weighted by molar-refractivity contribution is 5.92. The van der Waals surface area contributed by atoms with Crippen LogP contribution >= 0.6 is 0 Å². The molecule has 210 valence electrons. The average molecular weight is 545 g/mol. The van der Waals surface area contributed by atoms with Crippen molar-refractivity contribution in [2.24, 2.45) is 0 Å². The third-order valence-corrected chi connectivity index (χ3v) is 4.04. The molecule has 0 aliphatic carbocycles. The fourth-order valence-corrected chi connectivity index (χ4v) is 2.71. The molecule has 2 rings (SSSR count). The normalized spacial score (nSPS) is 10.2. The number of ether oxygens (including phenoxy) is 4. The number of nitrogens with zero attached hydrogens (tertiary/aromatic N) is 2. The van der Waals surface area contributed by atoms with Gasteiger partial charge in [0, 0.05) is 24.3 Å². The van der Waals surface area contributed by atoms with Gasteiger partial charge in [0.25, 0.3) is 0 Å². The van der Waals surface area contributed by atoms with Crippen LogP contribution in [0.15, 0.2) is 24.3 Å². The minimum atomic E-state index is -1.00. The van der Waals surface area contributed by atoms with Gasteiger partial charge in [-0.25, -0.2) is 9.59 Å². The number of halogens is 1. The first-order valence-corrected chi connectivity index (χ1v) is 10.5. The Balaban J connectivity index is 0.000000702. The number of phenols is 2. The van der Waals surface area contributed by atoms with E-state index in [1.54, 1.807) is 27.7 Å². The Labute approximate surface area is 218 Å². The fraction of sp³-hybridized carbons (Fsp3) is 0.391. The second-order valence-electron chi connectivity index (χ2n) is 7.51. The fourth-order valence-electron chi connectivity index (χ4n) is 2.71. The van der Waals surface area contributed by atoms with E-state index in [1.165, 1.54) is 19.2 Å². The molecule has 15 heteroatoms. The summed E-state index contributed by atoms with van der Waals surface area (Å²) in [5.74, 6) is -3.05. The van der Waals surface area contributed by atoms with Gasteiger partial charge in [0.2, 0.25) is 11.5 Å². The molecule has 2 N–H and O–H groups in total. The molecule has 0 heterocycles. The summed E-state index contributed by atoms with van der Waals surface area (Å²) in [6.45, 7) is 6.93. The van der Waals surface area contributed by atoms with Crippen molar-refractivity contribution in [1.29, 1.82) is 0 Å². The predicted octanol–water partition coefficient (Wildman–Crippen LogP) is 4.33. The Hall–Kier alpha value is -4.69. The quantitative estimate of drug-likeness (QED) is 0.271. The lowest BCUT2D eigenvalue weighted by Crippen LogP contribution is -2.13. The Bertz CT molecular complexity index is 1120. The minimum Gasteiger partial charge on any atom is -0.502 e. The van der Waals surface area contributed by atoms with Crippen LogP contribution in [-0.2, 0) is 9.47 Å². The Morgan fingerprint density at radius 3 is 1.39 bits per heavy atom. The molecule has 0 atom stereocenters. The molecule has 2 aromatic rings. The summed E-state index contributed by atoms with van der Waals surface area (Å²) in [7, 11) is 1.34.